The Hall–Kier alpha value is -1.86. The second-order valence-electron chi connectivity index (χ2n) is 5.76. The van der Waals surface area contributed by atoms with Crippen LogP contribution in [0.2, 0.25) is 0 Å². The Labute approximate surface area is 126 Å². The van der Waals surface area contributed by atoms with Crippen molar-refractivity contribution in [2.24, 2.45) is 0 Å². The second kappa shape index (κ2) is 7.80. The van der Waals surface area contributed by atoms with Crippen molar-refractivity contribution in [3.63, 3.8) is 0 Å². The number of nitrogens with one attached hydrogen (secondary N) is 2. The Bertz CT molecular complexity index is 513. The van der Waals surface area contributed by atoms with Crippen LogP contribution in [0.15, 0.2) is 24.3 Å². The first-order valence-corrected chi connectivity index (χ1v) is 7.76. The van der Waals surface area contributed by atoms with E-state index in [9.17, 15) is 4.79 Å². The quantitative estimate of drug-likeness (QED) is 0.835. The van der Waals surface area contributed by atoms with Crippen molar-refractivity contribution >= 4 is 11.6 Å². The van der Waals surface area contributed by atoms with E-state index in [1.807, 2.05) is 6.92 Å². The van der Waals surface area contributed by atoms with Crippen LogP contribution in [0.25, 0.3) is 0 Å². The molecule has 1 saturated carbocycles. The molecular formula is C17H23N3O. The Balaban J connectivity index is 1.88. The van der Waals surface area contributed by atoms with Gasteiger partial charge >= 0.3 is 0 Å². The normalized spacial score (nSPS) is 17.5. The van der Waals surface area contributed by atoms with Gasteiger partial charge in [-0.05, 0) is 38.0 Å². The van der Waals surface area contributed by atoms with Gasteiger partial charge in [-0.1, -0.05) is 31.7 Å². The van der Waals surface area contributed by atoms with Crippen LogP contribution in [-0.4, -0.2) is 18.0 Å². The fourth-order valence-corrected chi connectivity index (χ4v) is 2.79. The number of anilines is 1. The van der Waals surface area contributed by atoms with Crippen LogP contribution in [0.4, 0.5) is 5.69 Å². The van der Waals surface area contributed by atoms with E-state index in [2.05, 4.69) is 16.7 Å². The average molecular weight is 285 g/mol. The maximum absolute atomic E-state index is 12.2. The number of hydrogen-bond donors (Lipinski definition) is 2. The Morgan fingerprint density at radius 2 is 2.00 bits per heavy atom. The van der Waals surface area contributed by atoms with Gasteiger partial charge < -0.3 is 10.6 Å². The molecule has 0 unspecified atom stereocenters. The molecule has 2 rings (SSSR count). The first-order chi connectivity index (χ1) is 10.2. The molecule has 0 aliphatic heterocycles. The van der Waals surface area contributed by atoms with E-state index < -0.39 is 0 Å². The van der Waals surface area contributed by atoms with Gasteiger partial charge in [0, 0.05) is 11.7 Å². The van der Waals surface area contributed by atoms with Gasteiger partial charge in [-0.15, -0.1) is 0 Å². The van der Waals surface area contributed by atoms with E-state index >= 15 is 0 Å². The van der Waals surface area contributed by atoms with Gasteiger partial charge in [0.2, 0.25) is 5.91 Å². The predicted octanol–water partition coefficient (Wildman–Crippen LogP) is 3.20. The molecule has 0 bridgehead atoms. The molecule has 1 aromatic carbocycles. The molecule has 1 aliphatic rings. The van der Waals surface area contributed by atoms with Crippen molar-refractivity contribution in [2.45, 2.75) is 57.5 Å². The predicted molar refractivity (Wildman–Crippen MR) is 83.9 cm³/mol. The molecule has 1 atom stereocenters. The van der Waals surface area contributed by atoms with Crippen LogP contribution in [-0.2, 0) is 4.79 Å². The zero-order valence-corrected chi connectivity index (χ0v) is 12.6. The van der Waals surface area contributed by atoms with Crippen molar-refractivity contribution in [2.75, 3.05) is 5.32 Å². The fraction of sp³-hybridized carbons (Fsp3) is 0.529. The number of carbonyl (C=O) groups excluding carboxylic acids is 1. The lowest BCUT2D eigenvalue weighted by atomic mass is 10.1. The molecule has 1 aromatic rings. The highest BCUT2D eigenvalue weighted by Crippen LogP contribution is 2.18. The minimum absolute atomic E-state index is 0.0469. The molecule has 0 heterocycles. The van der Waals surface area contributed by atoms with Gasteiger partial charge in [0.1, 0.15) is 0 Å². The van der Waals surface area contributed by atoms with E-state index in [4.69, 9.17) is 5.26 Å². The molecule has 0 saturated heterocycles. The monoisotopic (exact) mass is 285 g/mol. The lowest BCUT2D eigenvalue weighted by Gasteiger charge is -2.21. The van der Waals surface area contributed by atoms with E-state index in [0.717, 1.165) is 12.8 Å². The lowest BCUT2D eigenvalue weighted by molar-refractivity contribution is -0.118. The summed E-state index contributed by atoms with van der Waals surface area (Å²) in [5.41, 5.74) is 1.23. The molecule has 1 fully saturated rings. The van der Waals surface area contributed by atoms with Crippen LogP contribution in [0, 0.1) is 11.3 Å². The maximum Gasteiger partial charge on any atom is 0.241 e. The second-order valence-corrected chi connectivity index (χ2v) is 5.76. The average Bonchev–Trinajstić information content (AvgIpc) is 2.76. The molecule has 0 aromatic heterocycles. The lowest BCUT2D eigenvalue weighted by Crippen LogP contribution is -2.43. The van der Waals surface area contributed by atoms with Crippen molar-refractivity contribution in [3.05, 3.63) is 29.8 Å². The molecule has 21 heavy (non-hydrogen) atoms. The zero-order chi connectivity index (χ0) is 15.1. The van der Waals surface area contributed by atoms with E-state index in [-0.39, 0.29) is 11.9 Å². The summed E-state index contributed by atoms with van der Waals surface area (Å²) in [6.07, 6.45) is 7.41. The molecule has 4 heteroatoms. The zero-order valence-electron chi connectivity index (χ0n) is 12.6. The number of benzene rings is 1. The van der Waals surface area contributed by atoms with Crippen LogP contribution in [0.3, 0.4) is 0 Å². The van der Waals surface area contributed by atoms with E-state index in [0.29, 0.717) is 17.3 Å². The van der Waals surface area contributed by atoms with Gasteiger partial charge in [-0.3, -0.25) is 4.79 Å². The summed E-state index contributed by atoms with van der Waals surface area (Å²) in [6.45, 7) is 1.90. The number of nitrogens with zero attached hydrogens (tertiary/aromatic N) is 1. The van der Waals surface area contributed by atoms with Crippen molar-refractivity contribution in [1.29, 1.82) is 5.26 Å². The summed E-state index contributed by atoms with van der Waals surface area (Å²) in [4.78, 5) is 12.2. The molecule has 4 nitrogen and oxygen atoms in total. The summed E-state index contributed by atoms with van der Waals surface area (Å²) >= 11 is 0. The third-order valence-corrected chi connectivity index (χ3v) is 3.99. The van der Waals surface area contributed by atoms with E-state index in [1.165, 1.54) is 25.7 Å². The standard InChI is InChI=1S/C17H23N3O/c1-13(19-15-8-4-2-3-5-9-15)17(21)20-16-10-6-7-14(11-16)12-18/h6-7,10-11,13,15,19H,2-5,8-9H2,1H3,(H,20,21)/t13-/m0/s1. The number of carbonyl (C=O) groups is 1. The minimum atomic E-state index is -0.223. The SMILES string of the molecule is C[C@H](NC1CCCCCC1)C(=O)Nc1cccc(C#N)c1. The number of nitriles is 1. The van der Waals surface area contributed by atoms with Gasteiger partial charge in [0.15, 0.2) is 0 Å². The van der Waals surface area contributed by atoms with Crippen LogP contribution in [0.1, 0.15) is 51.0 Å². The molecule has 0 spiro atoms. The molecular weight excluding hydrogens is 262 g/mol. The highest BCUT2D eigenvalue weighted by molar-refractivity contribution is 5.94. The molecule has 0 radical (unpaired) electrons. The summed E-state index contributed by atoms with van der Waals surface area (Å²) in [6, 6.07) is 9.29. The smallest absolute Gasteiger partial charge is 0.241 e. The minimum Gasteiger partial charge on any atom is -0.325 e. The van der Waals surface area contributed by atoms with E-state index in [1.54, 1.807) is 24.3 Å². The fourth-order valence-electron chi connectivity index (χ4n) is 2.79. The first-order valence-electron chi connectivity index (χ1n) is 7.76. The highest BCUT2D eigenvalue weighted by atomic mass is 16.2. The van der Waals surface area contributed by atoms with Crippen molar-refractivity contribution in [1.82, 2.24) is 5.32 Å². The third kappa shape index (κ3) is 4.87. The Kier molecular flexibility index (Phi) is 5.77. The molecule has 1 aliphatic carbocycles. The molecule has 112 valence electrons. The summed E-state index contributed by atoms with van der Waals surface area (Å²) in [5, 5.41) is 15.2. The van der Waals surface area contributed by atoms with Crippen LogP contribution in [0.5, 0.6) is 0 Å². The maximum atomic E-state index is 12.2. The molecule has 1 amide bonds. The van der Waals surface area contributed by atoms with Gasteiger partial charge in [-0.25, -0.2) is 0 Å². The highest BCUT2D eigenvalue weighted by Gasteiger charge is 2.19. The third-order valence-electron chi connectivity index (χ3n) is 3.99. The Morgan fingerprint density at radius 1 is 1.29 bits per heavy atom. The van der Waals surface area contributed by atoms with Gasteiger partial charge in [-0.2, -0.15) is 5.26 Å². The summed E-state index contributed by atoms with van der Waals surface area (Å²) < 4.78 is 0. The van der Waals surface area contributed by atoms with Crippen molar-refractivity contribution < 1.29 is 4.79 Å². The first kappa shape index (κ1) is 15.5. The number of hydrogen-bond acceptors (Lipinski definition) is 3. The summed E-state index contributed by atoms with van der Waals surface area (Å²) in [7, 11) is 0. The van der Waals surface area contributed by atoms with Gasteiger partial charge in [0.25, 0.3) is 0 Å². The molecule has 2 N–H and O–H groups in total. The number of rotatable bonds is 4. The Morgan fingerprint density at radius 3 is 2.67 bits per heavy atom. The van der Waals surface area contributed by atoms with Crippen LogP contribution >= 0.6 is 0 Å². The topological polar surface area (TPSA) is 64.9 Å². The largest absolute Gasteiger partial charge is 0.325 e. The summed E-state index contributed by atoms with van der Waals surface area (Å²) in [5.74, 6) is -0.0469. The number of amides is 1. The van der Waals surface area contributed by atoms with Crippen molar-refractivity contribution in [3.8, 4) is 6.07 Å². The van der Waals surface area contributed by atoms with Gasteiger partial charge in [0.05, 0.1) is 17.7 Å². The van der Waals surface area contributed by atoms with Crippen LogP contribution < -0.4 is 10.6 Å².